The second-order valence-electron chi connectivity index (χ2n) is 7.48. The van der Waals surface area contributed by atoms with Crippen LogP contribution in [-0.4, -0.2) is 40.8 Å². The Morgan fingerprint density at radius 3 is 2.58 bits per heavy atom. The summed E-state index contributed by atoms with van der Waals surface area (Å²) in [5.74, 6) is -4.78. The monoisotopic (exact) mass is 468 g/mol. The van der Waals surface area contributed by atoms with Crippen molar-refractivity contribution < 1.29 is 44.6 Å². The molecule has 0 fully saturated rings. The van der Waals surface area contributed by atoms with Crippen LogP contribution in [0.2, 0.25) is 0 Å². The van der Waals surface area contributed by atoms with Crippen molar-refractivity contribution in [2.24, 2.45) is 0 Å². The zero-order valence-electron chi connectivity index (χ0n) is 15.6. The molecule has 2 atom stereocenters. The molecular formula is C18H14F6N2O4S. The van der Waals surface area contributed by atoms with Crippen LogP contribution in [0.25, 0.3) is 11.8 Å². The van der Waals surface area contributed by atoms with Crippen molar-refractivity contribution in [3.05, 3.63) is 40.0 Å². The fraction of sp³-hybridized carbons (Fsp3) is 0.389. The number of aliphatic hydroxyl groups is 1. The van der Waals surface area contributed by atoms with E-state index in [1.165, 1.54) is 12.3 Å². The number of ether oxygens (including phenoxy) is 1. The molecule has 2 N–H and O–H groups in total. The van der Waals surface area contributed by atoms with Crippen LogP contribution < -0.4 is 15.3 Å². The van der Waals surface area contributed by atoms with Crippen LogP contribution in [0.3, 0.4) is 0 Å². The van der Waals surface area contributed by atoms with E-state index in [4.69, 9.17) is 4.74 Å². The second-order valence-corrected chi connectivity index (χ2v) is 9.39. The molecule has 1 unspecified atom stereocenters. The van der Waals surface area contributed by atoms with Crippen molar-refractivity contribution in [1.82, 2.24) is 10.2 Å². The summed E-state index contributed by atoms with van der Waals surface area (Å²) in [5.41, 5.74) is -9.65. The van der Waals surface area contributed by atoms with Gasteiger partial charge in [0.1, 0.15) is 11.9 Å². The Labute approximate surface area is 170 Å². The molecule has 0 saturated carbocycles. The first-order valence-corrected chi connectivity index (χ1v) is 10.3. The lowest BCUT2D eigenvalue weighted by molar-refractivity contribution is -0.0978. The SMILES string of the molecule is CC1(F)CC=c2[nH]ncc2=C1Oc1ccc(S(=O)(=O)C(F)(F)F)c2c1CC(F)(F)[C@H]2O. The number of alkyl halides is 6. The molecule has 0 bridgehead atoms. The van der Waals surface area contributed by atoms with Crippen LogP contribution in [0, 0.1) is 0 Å². The topological polar surface area (TPSA) is 92.3 Å². The highest BCUT2D eigenvalue weighted by Gasteiger charge is 2.55. The molecule has 31 heavy (non-hydrogen) atoms. The number of H-pyrrole nitrogens is 1. The quantitative estimate of drug-likeness (QED) is 0.673. The van der Waals surface area contributed by atoms with E-state index >= 15 is 4.39 Å². The van der Waals surface area contributed by atoms with Gasteiger partial charge in [-0.2, -0.15) is 18.3 Å². The van der Waals surface area contributed by atoms with Gasteiger partial charge in [-0.15, -0.1) is 0 Å². The number of hydrogen-bond donors (Lipinski definition) is 2. The summed E-state index contributed by atoms with van der Waals surface area (Å²) in [7, 11) is -6.05. The summed E-state index contributed by atoms with van der Waals surface area (Å²) >= 11 is 0. The smallest absolute Gasteiger partial charge is 0.457 e. The van der Waals surface area contributed by atoms with Crippen molar-refractivity contribution >= 4 is 21.7 Å². The fourth-order valence-corrected chi connectivity index (χ4v) is 4.70. The Hall–Kier alpha value is -2.54. The lowest BCUT2D eigenvalue weighted by atomic mass is 9.96. The minimum Gasteiger partial charge on any atom is -0.457 e. The number of aromatic amines is 1. The van der Waals surface area contributed by atoms with Crippen molar-refractivity contribution in [2.75, 3.05) is 0 Å². The van der Waals surface area contributed by atoms with Crippen LogP contribution in [-0.2, 0) is 16.3 Å². The van der Waals surface area contributed by atoms with E-state index in [1.54, 1.807) is 0 Å². The zero-order valence-corrected chi connectivity index (χ0v) is 16.4. The molecule has 0 saturated heterocycles. The first-order chi connectivity index (χ1) is 14.2. The number of halogens is 6. The van der Waals surface area contributed by atoms with E-state index in [-0.39, 0.29) is 17.4 Å². The number of sulfone groups is 1. The van der Waals surface area contributed by atoms with Gasteiger partial charge in [-0.3, -0.25) is 5.10 Å². The number of aromatic nitrogens is 2. The highest BCUT2D eigenvalue weighted by molar-refractivity contribution is 7.92. The predicted octanol–water partition coefficient (Wildman–Crippen LogP) is 2.03. The fourth-order valence-electron chi connectivity index (χ4n) is 3.67. The van der Waals surface area contributed by atoms with Crippen molar-refractivity contribution in [1.29, 1.82) is 0 Å². The summed E-state index contributed by atoms with van der Waals surface area (Å²) in [6.07, 6.45) is -1.55. The van der Waals surface area contributed by atoms with E-state index in [9.17, 15) is 35.5 Å². The molecule has 0 amide bonds. The minimum absolute atomic E-state index is 0.168. The van der Waals surface area contributed by atoms with E-state index in [0.717, 1.165) is 13.0 Å². The molecule has 2 aliphatic rings. The molecule has 1 aromatic heterocycles. The van der Waals surface area contributed by atoms with E-state index in [2.05, 4.69) is 10.2 Å². The lowest BCUT2D eigenvalue weighted by Gasteiger charge is -2.25. The van der Waals surface area contributed by atoms with Crippen LogP contribution >= 0.6 is 0 Å². The number of benzene rings is 1. The molecule has 2 aliphatic carbocycles. The van der Waals surface area contributed by atoms with Crippen LogP contribution in [0.4, 0.5) is 26.3 Å². The van der Waals surface area contributed by atoms with Gasteiger partial charge in [0.05, 0.1) is 21.7 Å². The molecule has 1 heterocycles. The minimum atomic E-state index is -6.05. The number of aliphatic hydroxyl groups excluding tert-OH is 1. The average molecular weight is 468 g/mol. The number of hydrogen-bond acceptors (Lipinski definition) is 5. The zero-order chi connectivity index (χ0) is 23.0. The van der Waals surface area contributed by atoms with E-state index in [1.807, 2.05) is 0 Å². The first kappa shape index (κ1) is 21.7. The number of fused-ring (bicyclic) bond motifs is 2. The van der Waals surface area contributed by atoms with Crippen LogP contribution in [0.1, 0.15) is 30.6 Å². The van der Waals surface area contributed by atoms with Gasteiger partial charge < -0.3 is 9.84 Å². The van der Waals surface area contributed by atoms with E-state index < -0.39 is 61.2 Å². The maximum atomic E-state index is 15.1. The second kappa shape index (κ2) is 6.48. The summed E-state index contributed by atoms with van der Waals surface area (Å²) in [5, 5.41) is 16.8. The van der Waals surface area contributed by atoms with Crippen molar-refractivity contribution in [3.63, 3.8) is 0 Å². The molecule has 4 rings (SSSR count). The maximum absolute atomic E-state index is 15.1. The third kappa shape index (κ3) is 3.21. The lowest BCUT2D eigenvalue weighted by Crippen LogP contribution is -2.40. The van der Waals surface area contributed by atoms with Gasteiger partial charge >= 0.3 is 5.51 Å². The average Bonchev–Trinajstić information content (AvgIpc) is 3.20. The Morgan fingerprint density at radius 2 is 1.94 bits per heavy atom. The number of nitrogens with zero attached hydrogens (tertiary/aromatic N) is 1. The summed E-state index contributed by atoms with van der Waals surface area (Å²) in [4.78, 5) is -1.50. The third-order valence-corrected chi connectivity index (χ3v) is 6.79. The molecule has 2 aromatic rings. The van der Waals surface area contributed by atoms with Crippen molar-refractivity contribution in [2.45, 2.75) is 47.9 Å². The van der Waals surface area contributed by atoms with Gasteiger partial charge in [0, 0.05) is 24.0 Å². The maximum Gasteiger partial charge on any atom is 0.501 e. The van der Waals surface area contributed by atoms with Gasteiger partial charge in [-0.1, -0.05) is 6.08 Å². The normalized spacial score (nSPS) is 25.0. The van der Waals surface area contributed by atoms with Crippen LogP contribution in [0.15, 0.2) is 23.2 Å². The summed E-state index contributed by atoms with van der Waals surface area (Å²) in [6.45, 7) is 1.15. The first-order valence-electron chi connectivity index (χ1n) is 8.81. The molecular weight excluding hydrogens is 454 g/mol. The largest absolute Gasteiger partial charge is 0.501 e. The predicted molar refractivity (Wildman–Crippen MR) is 93.8 cm³/mol. The van der Waals surface area contributed by atoms with Crippen molar-refractivity contribution in [3.8, 4) is 5.75 Å². The van der Waals surface area contributed by atoms with Gasteiger partial charge in [0.25, 0.3) is 15.8 Å². The van der Waals surface area contributed by atoms with Gasteiger partial charge in [-0.25, -0.2) is 21.6 Å². The highest BCUT2D eigenvalue weighted by atomic mass is 32.2. The van der Waals surface area contributed by atoms with Gasteiger partial charge in [0.15, 0.2) is 11.4 Å². The molecule has 0 spiro atoms. The number of rotatable bonds is 3. The Kier molecular flexibility index (Phi) is 4.53. The molecule has 0 aliphatic heterocycles. The molecule has 0 radical (unpaired) electrons. The molecule has 1 aromatic carbocycles. The molecule has 13 heteroatoms. The highest BCUT2D eigenvalue weighted by Crippen LogP contribution is 2.51. The molecule has 168 valence electrons. The summed E-state index contributed by atoms with van der Waals surface area (Å²) in [6, 6.07) is 1.16. The van der Waals surface area contributed by atoms with Gasteiger partial charge in [0.2, 0.25) is 0 Å². The Balaban J connectivity index is 1.94. The third-order valence-electron chi connectivity index (χ3n) is 5.24. The van der Waals surface area contributed by atoms with Crippen LogP contribution in [0.5, 0.6) is 5.75 Å². The number of nitrogens with one attached hydrogen (secondary N) is 1. The van der Waals surface area contributed by atoms with E-state index in [0.29, 0.717) is 11.4 Å². The Bertz CT molecular complexity index is 1300. The standard InChI is InChI=1S/C18H14F6N2O4S/c1-16(19)5-4-10-9(7-25-26-10)15(16)30-11-2-3-12(31(28,29)18(22,23)24)13-8(11)6-17(20,21)14(13)27/h2-4,7,14,26-27H,5-6H2,1H3/t14-,16?/m0/s1. The molecule has 6 nitrogen and oxygen atoms in total. The Morgan fingerprint density at radius 1 is 1.26 bits per heavy atom. The summed E-state index contributed by atoms with van der Waals surface area (Å²) < 4.78 is 112. The van der Waals surface area contributed by atoms with Gasteiger partial charge in [-0.05, 0) is 19.1 Å².